The number of nitrogens with zero attached hydrogens (tertiary/aromatic N) is 2. The zero-order chi connectivity index (χ0) is 19.5. The summed E-state index contributed by atoms with van der Waals surface area (Å²) < 4.78 is 16.8. The molecular formula is C19H26FN5O2. The zero-order valence-electron chi connectivity index (χ0n) is 15.7. The first-order valence-corrected chi connectivity index (χ1v) is 9.61. The molecule has 2 aliphatic rings. The van der Waals surface area contributed by atoms with E-state index in [0.717, 1.165) is 25.7 Å². The summed E-state index contributed by atoms with van der Waals surface area (Å²) in [7, 11) is 0. The Labute approximate surface area is 156 Å². The van der Waals surface area contributed by atoms with Gasteiger partial charge in [0, 0.05) is 30.7 Å². The Bertz CT molecular complexity index is 1020. The van der Waals surface area contributed by atoms with Crippen LogP contribution in [0.4, 0.5) is 15.8 Å². The summed E-state index contributed by atoms with van der Waals surface area (Å²) in [5.41, 5.74) is 12.4. The highest BCUT2D eigenvalue weighted by atomic mass is 19.1. The molecule has 4 rings (SSSR count). The lowest BCUT2D eigenvalue weighted by Crippen LogP contribution is -2.49. The van der Waals surface area contributed by atoms with E-state index in [1.807, 2.05) is 4.90 Å². The van der Waals surface area contributed by atoms with Crippen molar-refractivity contribution in [3.05, 3.63) is 32.2 Å². The number of H-pyrrole nitrogens is 1. The van der Waals surface area contributed by atoms with Gasteiger partial charge >= 0.3 is 5.69 Å². The number of aryl methyl sites for hydroxylation is 1. The number of fused-ring (bicyclic) bond motifs is 1. The molecule has 1 saturated heterocycles. The van der Waals surface area contributed by atoms with Crippen molar-refractivity contribution in [3.8, 4) is 0 Å². The van der Waals surface area contributed by atoms with Gasteiger partial charge in [-0.25, -0.2) is 9.18 Å². The summed E-state index contributed by atoms with van der Waals surface area (Å²) in [5, 5.41) is 0.0630. The van der Waals surface area contributed by atoms with Crippen LogP contribution in [0, 0.1) is 18.7 Å². The molecule has 0 radical (unpaired) electrons. The summed E-state index contributed by atoms with van der Waals surface area (Å²) in [6.45, 7) is 5.07. The Morgan fingerprint density at radius 1 is 1.26 bits per heavy atom. The third-order valence-corrected chi connectivity index (χ3v) is 6.13. The van der Waals surface area contributed by atoms with Crippen molar-refractivity contribution in [2.24, 2.45) is 11.7 Å². The van der Waals surface area contributed by atoms with Crippen LogP contribution in [-0.4, -0.2) is 28.7 Å². The number of hydrogen-bond acceptors (Lipinski definition) is 5. The van der Waals surface area contributed by atoms with Gasteiger partial charge < -0.3 is 16.4 Å². The first kappa shape index (κ1) is 18.0. The van der Waals surface area contributed by atoms with Crippen LogP contribution in [0.3, 0.4) is 0 Å². The molecule has 2 aromatic rings. The molecular weight excluding hydrogens is 349 g/mol. The lowest BCUT2D eigenvalue weighted by atomic mass is 9.89. The van der Waals surface area contributed by atoms with Gasteiger partial charge in [-0.1, -0.05) is 13.3 Å². The summed E-state index contributed by atoms with van der Waals surface area (Å²) in [6.07, 6.45) is 3.59. The number of benzene rings is 1. The maximum Gasteiger partial charge on any atom is 0.329 e. The number of piperidine rings is 1. The standard InChI is InChI=1S/C19H26FN5O2/c1-3-10-6-7-24(8-12(10)21)17-9(2)16-13(15(22)14(17)20)18(26)23-19(27)25(16)11-4-5-11/h10-12H,3-8,21-22H2,1-2H3,(H,23,26,27). The summed E-state index contributed by atoms with van der Waals surface area (Å²) in [4.78, 5) is 29.0. The highest BCUT2D eigenvalue weighted by Crippen LogP contribution is 2.41. The number of aromatic amines is 1. The molecule has 1 aromatic heterocycles. The van der Waals surface area contributed by atoms with Crippen LogP contribution in [0.25, 0.3) is 10.9 Å². The van der Waals surface area contributed by atoms with E-state index in [1.54, 1.807) is 11.5 Å². The third-order valence-electron chi connectivity index (χ3n) is 6.13. The molecule has 5 N–H and O–H groups in total. The SMILES string of the molecule is CCC1CCN(c2c(F)c(N)c3c(=O)[nH]c(=O)n(C4CC4)c3c2C)CC1N. The number of nitrogen functional groups attached to an aromatic ring is 1. The molecule has 1 aliphatic heterocycles. The van der Waals surface area contributed by atoms with Crippen LogP contribution in [0.5, 0.6) is 0 Å². The predicted octanol–water partition coefficient (Wildman–Crippen LogP) is 1.62. The van der Waals surface area contributed by atoms with E-state index in [0.29, 0.717) is 35.8 Å². The molecule has 2 unspecified atom stereocenters. The van der Waals surface area contributed by atoms with Gasteiger partial charge in [0.1, 0.15) is 0 Å². The van der Waals surface area contributed by atoms with Crippen LogP contribution in [0.15, 0.2) is 9.59 Å². The fraction of sp³-hybridized carbons (Fsp3) is 0.579. The second kappa shape index (κ2) is 6.37. The van der Waals surface area contributed by atoms with E-state index in [2.05, 4.69) is 11.9 Å². The maximum atomic E-state index is 15.3. The van der Waals surface area contributed by atoms with E-state index >= 15 is 4.39 Å². The third kappa shape index (κ3) is 2.74. The lowest BCUT2D eigenvalue weighted by Gasteiger charge is -2.39. The molecule has 2 fully saturated rings. The fourth-order valence-electron chi connectivity index (χ4n) is 4.48. The van der Waals surface area contributed by atoms with Gasteiger partial charge in [0.15, 0.2) is 5.82 Å². The first-order chi connectivity index (χ1) is 12.8. The molecule has 1 saturated carbocycles. The first-order valence-electron chi connectivity index (χ1n) is 9.61. The van der Waals surface area contributed by atoms with Gasteiger partial charge in [0.25, 0.3) is 5.56 Å². The van der Waals surface area contributed by atoms with E-state index in [-0.39, 0.29) is 23.2 Å². The van der Waals surface area contributed by atoms with E-state index in [9.17, 15) is 9.59 Å². The van der Waals surface area contributed by atoms with Crippen molar-refractivity contribution in [1.29, 1.82) is 0 Å². The Balaban J connectivity index is 1.96. The van der Waals surface area contributed by atoms with E-state index < -0.39 is 17.1 Å². The molecule has 0 amide bonds. The molecule has 2 atom stereocenters. The molecule has 0 bridgehead atoms. The zero-order valence-corrected chi connectivity index (χ0v) is 15.7. The van der Waals surface area contributed by atoms with E-state index in [4.69, 9.17) is 11.5 Å². The van der Waals surface area contributed by atoms with Gasteiger partial charge in [0.2, 0.25) is 0 Å². The van der Waals surface area contributed by atoms with Crippen molar-refractivity contribution in [2.75, 3.05) is 23.7 Å². The normalized spacial score (nSPS) is 23.2. The Hall–Kier alpha value is -2.35. The minimum absolute atomic E-state index is 0.0290. The maximum absolute atomic E-state index is 15.3. The highest BCUT2D eigenvalue weighted by Gasteiger charge is 2.33. The average molecular weight is 375 g/mol. The number of nitrogens with two attached hydrogens (primary N) is 2. The smallest absolute Gasteiger partial charge is 0.329 e. The van der Waals surface area contributed by atoms with Crippen LogP contribution < -0.4 is 27.6 Å². The largest absolute Gasteiger partial charge is 0.396 e. The molecule has 27 heavy (non-hydrogen) atoms. The van der Waals surface area contributed by atoms with Gasteiger partial charge in [-0.15, -0.1) is 0 Å². The minimum Gasteiger partial charge on any atom is -0.396 e. The van der Waals surface area contributed by atoms with Crippen molar-refractivity contribution >= 4 is 22.3 Å². The van der Waals surface area contributed by atoms with Crippen LogP contribution >= 0.6 is 0 Å². The number of aromatic nitrogens is 2. The van der Waals surface area contributed by atoms with Crippen molar-refractivity contribution in [2.45, 2.75) is 51.6 Å². The van der Waals surface area contributed by atoms with Crippen molar-refractivity contribution in [1.82, 2.24) is 9.55 Å². The summed E-state index contributed by atoms with van der Waals surface area (Å²) >= 11 is 0. The highest BCUT2D eigenvalue weighted by molar-refractivity contribution is 5.97. The predicted molar refractivity (Wildman–Crippen MR) is 105 cm³/mol. The average Bonchev–Trinajstić information content (AvgIpc) is 3.44. The second-order valence-electron chi connectivity index (χ2n) is 7.85. The Kier molecular flexibility index (Phi) is 4.25. The molecule has 146 valence electrons. The van der Waals surface area contributed by atoms with Crippen LogP contribution in [0.2, 0.25) is 0 Å². The Morgan fingerprint density at radius 2 is 1.96 bits per heavy atom. The van der Waals surface area contributed by atoms with Gasteiger partial charge in [-0.05, 0) is 32.1 Å². The number of rotatable bonds is 3. The van der Waals surface area contributed by atoms with Crippen LogP contribution in [-0.2, 0) is 0 Å². The molecule has 0 spiro atoms. The Morgan fingerprint density at radius 3 is 2.56 bits per heavy atom. The van der Waals surface area contributed by atoms with Gasteiger partial charge in [-0.2, -0.15) is 0 Å². The van der Waals surface area contributed by atoms with Crippen LogP contribution in [0.1, 0.15) is 44.2 Å². The lowest BCUT2D eigenvalue weighted by molar-refractivity contribution is 0.341. The van der Waals surface area contributed by atoms with Crippen molar-refractivity contribution < 1.29 is 4.39 Å². The quantitative estimate of drug-likeness (QED) is 0.706. The van der Waals surface area contributed by atoms with E-state index in [1.165, 1.54) is 0 Å². The molecule has 1 aromatic carbocycles. The van der Waals surface area contributed by atoms with Crippen molar-refractivity contribution in [3.63, 3.8) is 0 Å². The number of halogens is 1. The topological polar surface area (TPSA) is 110 Å². The summed E-state index contributed by atoms with van der Waals surface area (Å²) in [6, 6.07) is -0.0226. The molecule has 8 heteroatoms. The molecule has 1 aliphatic carbocycles. The molecule has 7 nitrogen and oxygen atoms in total. The monoisotopic (exact) mass is 375 g/mol. The number of nitrogens with one attached hydrogen (secondary N) is 1. The minimum atomic E-state index is -0.639. The molecule has 2 heterocycles. The van der Waals surface area contributed by atoms with Gasteiger partial charge in [0.05, 0.1) is 22.3 Å². The van der Waals surface area contributed by atoms with Gasteiger partial charge in [-0.3, -0.25) is 14.3 Å². The summed E-state index contributed by atoms with van der Waals surface area (Å²) in [5.74, 6) is -0.191. The number of anilines is 2. The fourth-order valence-corrected chi connectivity index (χ4v) is 4.48. The second-order valence-corrected chi connectivity index (χ2v) is 7.85. The number of hydrogen-bond donors (Lipinski definition) is 3.